The van der Waals surface area contributed by atoms with Crippen molar-refractivity contribution in [1.82, 2.24) is 0 Å². The molecule has 0 radical (unpaired) electrons. The lowest BCUT2D eigenvalue weighted by Gasteiger charge is -2.32. The molecule has 1 aromatic rings. The molecular formula is C18H28N2O3. The van der Waals surface area contributed by atoms with Crippen molar-refractivity contribution in [3.05, 3.63) is 23.8 Å². The zero-order chi connectivity index (χ0) is 17.0. The van der Waals surface area contributed by atoms with Gasteiger partial charge in [-0.2, -0.15) is 0 Å². The van der Waals surface area contributed by atoms with Gasteiger partial charge < -0.3 is 14.8 Å². The maximum absolute atomic E-state index is 12.4. The Labute approximate surface area is 139 Å². The number of anilines is 2. The van der Waals surface area contributed by atoms with E-state index in [0.717, 1.165) is 24.2 Å². The van der Waals surface area contributed by atoms with Gasteiger partial charge in [0.15, 0.2) is 0 Å². The summed E-state index contributed by atoms with van der Waals surface area (Å²) in [5, 5.41) is 3.42. The minimum Gasteiger partial charge on any atom is -0.443 e. The standard InChI is InChI=1S/C18H28N2O3/c1-13(12-22-5)19-15-8-9-16-14(11-15)7-6-10-20(16)17(21)23-18(2,3)4/h8-9,11,13,19H,6-7,10,12H2,1-5H3. The number of ether oxygens (including phenoxy) is 2. The predicted octanol–water partition coefficient (Wildman–Crippen LogP) is 3.82. The molecule has 0 fully saturated rings. The minimum atomic E-state index is -0.480. The van der Waals surface area contributed by atoms with E-state index >= 15 is 0 Å². The summed E-state index contributed by atoms with van der Waals surface area (Å²) in [6.45, 7) is 9.10. The lowest BCUT2D eigenvalue weighted by molar-refractivity contribution is 0.0578. The smallest absolute Gasteiger partial charge is 0.414 e. The Morgan fingerprint density at radius 3 is 2.78 bits per heavy atom. The van der Waals surface area contributed by atoms with Crippen LogP contribution in [0.4, 0.5) is 16.2 Å². The summed E-state index contributed by atoms with van der Waals surface area (Å²) in [7, 11) is 1.70. The van der Waals surface area contributed by atoms with Gasteiger partial charge in [0.25, 0.3) is 0 Å². The number of aryl methyl sites for hydroxylation is 1. The van der Waals surface area contributed by atoms with Crippen LogP contribution in [0.1, 0.15) is 39.7 Å². The fraction of sp³-hybridized carbons (Fsp3) is 0.611. The van der Waals surface area contributed by atoms with Gasteiger partial charge in [-0.3, -0.25) is 4.90 Å². The molecule has 1 aliphatic heterocycles. The van der Waals surface area contributed by atoms with Gasteiger partial charge in [0.05, 0.1) is 12.3 Å². The van der Waals surface area contributed by atoms with Gasteiger partial charge in [-0.05, 0) is 64.3 Å². The van der Waals surface area contributed by atoms with Crippen LogP contribution >= 0.6 is 0 Å². The number of hydrogen-bond acceptors (Lipinski definition) is 4. The van der Waals surface area contributed by atoms with E-state index < -0.39 is 5.60 Å². The van der Waals surface area contributed by atoms with Gasteiger partial charge in [0, 0.05) is 25.4 Å². The minimum absolute atomic E-state index is 0.239. The SMILES string of the molecule is COCC(C)Nc1ccc2c(c1)CCCN2C(=O)OC(C)(C)C. The Bertz CT molecular complexity index is 552. The molecule has 0 bridgehead atoms. The second kappa shape index (κ2) is 7.21. The van der Waals surface area contributed by atoms with Crippen molar-refractivity contribution in [2.24, 2.45) is 0 Å². The topological polar surface area (TPSA) is 50.8 Å². The lowest BCUT2D eigenvalue weighted by atomic mass is 10.0. The summed E-state index contributed by atoms with van der Waals surface area (Å²) < 4.78 is 10.7. The van der Waals surface area contributed by atoms with E-state index in [1.807, 2.05) is 32.9 Å². The van der Waals surface area contributed by atoms with Gasteiger partial charge in [0.2, 0.25) is 0 Å². The molecule has 2 rings (SSSR count). The Kier molecular flexibility index (Phi) is 5.52. The Hall–Kier alpha value is -1.75. The van der Waals surface area contributed by atoms with E-state index in [-0.39, 0.29) is 12.1 Å². The Balaban J connectivity index is 2.15. The normalized spacial score (nSPS) is 15.8. The number of rotatable bonds is 4. The third-order valence-electron chi connectivity index (χ3n) is 3.64. The van der Waals surface area contributed by atoms with E-state index in [1.54, 1.807) is 12.0 Å². The molecule has 0 saturated carbocycles. The molecule has 1 aromatic carbocycles. The molecule has 5 heteroatoms. The first-order valence-corrected chi connectivity index (χ1v) is 8.19. The van der Waals surface area contributed by atoms with Crippen molar-refractivity contribution in [3.8, 4) is 0 Å². The van der Waals surface area contributed by atoms with Gasteiger partial charge in [0.1, 0.15) is 5.60 Å². The lowest BCUT2D eigenvalue weighted by Crippen LogP contribution is -2.39. The number of benzene rings is 1. The number of methoxy groups -OCH3 is 1. The number of amides is 1. The molecule has 1 aliphatic rings. The number of carbonyl (C=O) groups excluding carboxylic acids is 1. The first-order chi connectivity index (χ1) is 10.8. The Morgan fingerprint density at radius 2 is 2.13 bits per heavy atom. The van der Waals surface area contributed by atoms with E-state index in [4.69, 9.17) is 9.47 Å². The van der Waals surface area contributed by atoms with Gasteiger partial charge >= 0.3 is 6.09 Å². The van der Waals surface area contributed by atoms with Crippen LogP contribution in [0.2, 0.25) is 0 Å². The molecule has 0 saturated heterocycles. The molecule has 5 nitrogen and oxygen atoms in total. The molecule has 0 spiro atoms. The largest absolute Gasteiger partial charge is 0.443 e. The number of hydrogen-bond donors (Lipinski definition) is 1. The van der Waals surface area contributed by atoms with Crippen molar-refractivity contribution in [3.63, 3.8) is 0 Å². The Morgan fingerprint density at radius 1 is 1.39 bits per heavy atom. The summed E-state index contributed by atoms with van der Waals surface area (Å²) in [4.78, 5) is 14.1. The molecule has 1 atom stereocenters. The summed E-state index contributed by atoms with van der Waals surface area (Å²) >= 11 is 0. The average Bonchev–Trinajstić information content (AvgIpc) is 2.44. The van der Waals surface area contributed by atoms with Crippen LogP contribution in [0.25, 0.3) is 0 Å². The van der Waals surface area contributed by atoms with E-state index in [9.17, 15) is 4.79 Å². The zero-order valence-electron chi connectivity index (χ0n) is 14.8. The second-order valence-corrected chi connectivity index (χ2v) is 7.08. The summed E-state index contributed by atoms with van der Waals surface area (Å²) in [6.07, 6.45) is 1.65. The molecule has 1 unspecified atom stereocenters. The second-order valence-electron chi connectivity index (χ2n) is 7.08. The fourth-order valence-corrected chi connectivity index (χ4v) is 2.77. The van der Waals surface area contributed by atoms with E-state index in [1.165, 1.54) is 5.56 Å². The van der Waals surface area contributed by atoms with Crippen molar-refractivity contribution in [1.29, 1.82) is 0 Å². The molecule has 23 heavy (non-hydrogen) atoms. The summed E-state index contributed by atoms with van der Waals surface area (Å²) in [5.41, 5.74) is 2.71. The van der Waals surface area contributed by atoms with Crippen molar-refractivity contribution < 1.29 is 14.3 Å². The van der Waals surface area contributed by atoms with Gasteiger partial charge in [-0.1, -0.05) is 0 Å². The summed E-state index contributed by atoms with van der Waals surface area (Å²) in [6, 6.07) is 6.37. The zero-order valence-corrected chi connectivity index (χ0v) is 14.8. The van der Waals surface area contributed by atoms with Gasteiger partial charge in [-0.15, -0.1) is 0 Å². The van der Waals surface area contributed by atoms with Gasteiger partial charge in [-0.25, -0.2) is 4.79 Å². The first kappa shape index (κ1) is 17.6. The van der Waals surface area contributed by atoms with Crippen LogP contribution in [0.5, 0.6) is 0 Å². The maximum Gasteiger partial charge on any atom is 0.414 e. The maximum atomic E-state index is 12.4. The first-order valence-electron chi connectivity index (χ1n) is 8.19. The van der Waals surface area contributed by atoms with Crippen LogP contribution in [-0.2, 0) is 15.9 Å². The van der Waals surface area contributed by atoms with Crippen molar-refractivity contribution >= 4 is 17.5 Å². The average molecular weight is 320 g/mol. The molecule has 1 N–H and O–H groups in total. The van der Waals surface area contributed by atoms with E-state index in [2.05, 4.69) is 18.3 Å². The third-order valence-corrected chi connectivity index (χ3v) is 3.64. The van der Waals surface area contributed by atoms with Crippen molar-refractivity contribution in [2.45, 2.75) is 52.2 Å². The number of nitrogens with zero attached hydrogens (tertiary/aromatic N) is 1. The number of nitrogens with one attached hydrogen (secondary N) is 1. The van der Waals surface area contributed by atoms with Crippen LogP contribution < -0.4 is 10.2 Å². The number of carbonyl (C=O) groups is 1. The molecular weight excluding hydrogens is 292 g/mol. The molecule has 0 aliphatic carbocycles. The van der Waals surface area contributed by atoms with Crippen LogP contribution in [0.15, 0.2) is 18.2 Å². The van der Waals surface area contributed by atoms with E-state index in [0.29, 0.717) is 13.2 Å². The predicted molar refractivity (Wildman–Crippen MR) is 93.3 cm³/mol. The quantitative estimate of drug-likeness (QED) is 0.916. The van der Waals surface area contributed by atoms with Crippen LogP contribution in [-0.4, -0.2) is 38.0 Å². The number of fused-ring (bicyclic) bond motifs is 1. The highest BCUT2D eigenvalue weighted by Gasteiger charge is 2.27. The highest BCUT2D eigenvalue weighted by atomic mass is 16.6. The molecule has 1 amide bonds. The molecule has 128 valence electrons. The fourth-order valence-electron chi connectivity index (χ4n) is 2.77. The molecule has 0 aromatic heterocycles. The monoisotopic (exact) mass is 320 g/mol. The highest BCUT2D eigenvalue weighted by molar-refractivity contribution is 5.90. The third kappa shape index (κ3) is 4.86. The van der Waals surface area contributed by atoms with Crippen molar-refractivity contribution in [2.75, 3.05) is 30.5 Å². The van der Waals surface area contributed by atoms with Crippen LogP contribution in [0, 0.1) is 0 Å². The highest BCUT2D eigenvalue weighted by Crippen LogP contribution is 2.31. The molecule has 1 heterocycles. The van der Waals surface area contributed by atoms with Crippen LogP contribution in [0.3, 0.4) is 0 Å². The summed E-state index contributed by atoms with van der Waals surface area (Å²) in [5.74, 6) is 0.